The third-order valence-corrected chi connectivity index (χ3v) is 2.41. The van der Waals surface area contributed by atoms with E-state index in [1.54, 1.807) is 12.4 Å². The zero-order chi connectivity index (χ0) is 12.8. The van der Waals surface area contributed by atoms with Gasteiger partial charge in [-0.2, -0.15) is 0 Å². The van der Waals surface area contributed by atoms with Crippen LogP contribution in [0.15, 0.2) is 54.4 Å². The van der Waals surface area contributed by atoms with Crippen molar-refractivity contribution in [3.8, 4) is 11.5 Å². The number of halogens is 1. The fourth-order valence-corrected chi connectivity index (χ4v) is 1.51. The number of aromatic nitrogens is 1. The number of benzene rings is 1. The van der Waals surface area contributed by atoms with Crippen LogP contribution in [0, 0.1) is 0 Å². The van der Waals surface area contributed by atoms with Crippen LogP contribution in [0.1, 0.15) is 12.5 Å². The quantitative estimate of drug-likeness (QED) is 0.927. The molecule has 0 unspecified atom stereocenters. The lowest BCUT2D eigenvalue weighted by atomic mass is 10.1. The lowest BCUT2D eigenvalue weighted by Gasteiger charge is -2.05. The summed E-state index contributed by atoms with van der Waals surface area (Å²) < 4.78 is 5.63. The van der Waals surface area contributed by atoms with Gasteiger partial charge in [0.05, 0.1) is 12.8 Å². The van der Waals surface area contributed by atoms with Gasteiger partial charge in [0.2, 0.25) is 0 Å². The molecule has 4 heteroatoms. The van der Waals surface area contributed by atoms with E-state index in [1.807, 2.05) is 49.4 Å². The summed E-state index contributed by atoms with van der Waals surface area (Å²) in [5, 5.41) is 8.95. The molecule has 1 heterocycles. The summed E-state index contributed by atoms with van der Waals surface area (Å²) in [4.78, 5) is 3.99. The minimum Gasteiger partial charge on any atom is -0.456 e. The van der Waals surface area contributed by atoms with Gasteiger partial charge in [-0.3, -0.25) is 4.98 Å². The Morgan fingerprint density at radius 2 is 1.95 bits per heavy atom. The lowest BCUT2D eigenvalue weighted by Crippen LogP contribution is -1.86. The minimum absolute atomic E-state index is 0. The van der Waals surface area contributed by atoms with E-state index in [0.717, 1.165) is 16.9 Å². The molecule has 100 valence electrons. The van der Waals surface area contributed by atoms with Crippen LogP contribution in [-0.4, -0.2) is 16.7 Å². The Labute approximate surface area is 119 Å². The molecule has 0 atom stereocenters. The van der Waals surface area contributed by atoms with E-state index in [1.165, 1.54) is 0 Å². The molecule has 1 aromatic heterocycles. The standard InChI is InChI=1S/C15H15NO2.ClH/c1-12(11-17)9-13-4-6-14(7-5-13)18-15-3-2-8-16-10-15;/h2-10,17H,11H2,1H3;1H/b12-9+;. The summed E-state index contributed by atoms with van der Waals surface area (Å²) in [6.45, 7) is 1.97. The summed E-state index contributed by atoms with van der Waals surface area (Å²) in [6, 6.07) is 11.4. The second-order valence-corrected chi connectivity index (χ2v) is 4.01. The number of nitrogens with zero attached hydrogens (tertiary/aromatic N) is 1. The van der Waals surface area contributed by atoms with Crippen molar-refractivity contribution in [3.63, 3.8) is 0 Å². The summed E-state index contributed by atoms with van der Waals surface area (Å²) in [5.41, 5.74) is 1.97. The normalized spacial score (nSPS) is 10.7. The SMILES string of the molecule is C/C(=C\c1ccc(Oc2cccnc2)cc1)CO.Cl. The first kappa shape index (κ1) is 15.2. The Morgan fingerprint density at radius 1 is 1.21 bits per heavy atom. The predicted molar refractivity (Wildman–Crippen MR) is 78.7 cm³/mol. The van der Waals surface area contributed by atoms with Crippen LogP contribution in [0.4, 0.5) is 0 Å². The van der Waals surface area contributed by atoms with Crippen molar-refractivity contribution < 1.29 is 9.84 Å². The summed E-state index contributed by atoms with van der Waals surface area (Å²) in [7, 11) is 0. The highest BCUT2D eigenvalue weighted by molar-refractivity contribution is 5.85. The molecule has 2 rings (SSSR count). The third-order valence-electron chi connectivity index (χ3n) is 2.41. The van der Waals surface area contributed by atoms with E-state index in [4.69, 9.17) is 9.84 Å². The number of aliphatic hydroxyl groups is 1. The molecule has 1 N–H and O–H groups in total. The van der Waals surface area contributed by atoms with Crippen LogP contribution in [0.25, 0.3) is 6.08 Å². The van der Waals surface area contributed by atoms with Gasteiger partial charge in [0.25, 0.3) is 0 Å². The molecule has 0 saturated carbocycles. The molecular formula is C15H16ClNO2. The van der Waals surface area contributed by atoms with Gasteiger partial charge >= 0.3 is 0 Å². The molecule has 19 heavy (non-hydrogen) atoms. The highest BCUT2D eigenvalue weighted by Crippen LogP contribution is 2.21. The van der Waals surface area contributed by atoms with Crippen LogP contribution >= 0.6 is 12.4 Å². The predicted octanol–water partition coefficient (Wildman–Crippen LogP) is 3.69. The molecule has 0 saturated heterocycles. The molecule has 0 fully saturated rings. The average molecular weight is 278 g/mol. The second kappa shape index (κ2) is 7.56. The second-order valence-electron chi connectivity index (χ2n) is 4.01. The van der Waals surface area contributed by atoms with E-state index in [2.05, 4.69) is 4.98 Å². The number of hydrogen-bond donors (Lipinski definition) is 1. The Bertz CT molecular complexity index is 524. The van der Waals surface area contributed by atoms with E-state index < -0.39 is 0 Å². The summed E-state index contributed by atoms with van der Waals surface area (Å²) >= 11 is 0. The number of ether oxygens (including phenoxy) is 1. The van der Waals surface area contributed by atoms with Crippen molar-refractivity contribution in [2.45, 2.75) is 6.92 Å². The van der Waals surface area contributed by atoms with Gasteiger partial charge in [0, 0.05) is 6.20 Å². The van der Waals surface area contributed by atoms with Crippen LogP contribution in [0.3, 0.4) is 0 Å². The molecule has 0 spiro atoms. The molecule has 0 aliphatic rings. The van der Waals surface area contributed by atoms with E-state index >= 15 is 0 Å². The highest BCUT2D eigenvalue weighted by Gasteiger charge is 1.97. The Kier molecular flexibility index (Phi) is 6.06. The van der Waals surface area contributed by atoms with Crippen LogP contribution in [0.2, 0.25) is 0 Å². The lowest BCUT2D eigenvalue weighted by molar-refractivity contribution is 0.332. The van der Waals surface area contributed by atoms with Gasteiger partial charge in [-0.05, 0) is 42.3 Å². The molecular weight excluding hydrogens is 262 g/mol. The van der Waals surface area contributed by atoms with Crippen LogP contribution in [-0.2, 0) is 0 Å². The number of hydrogen-bond acceptors (Lipinski definition) is 3. The first-order valence-electron chi connectivity index (χ1n) is 5.74. The van der Waals surface area contributed by atoms with E-state index in [-0.39, 0.29) is 19.0 Å². The molecule has 1 aromatic carbocycles. The monoisotopic (exact) mass is 277 g/mol. The summed E-state index contributed by atoms with van der Waals surface area (Å²) in [6.07, 6.45) is 5.32. The van der Waals surface area contributed by atoms with Crippen molar-refractivity contribution in [2.75, 3.05) is 6.61 Å². The topological polar surface area (TPSA) is 42.4 Å². The van der Waals surface area contributed by atoms with Gasteiger partial charge < -0.3 is 9.84 Å². The maximum absolute atomic E-state index is 8.95. The van der Waals surface area contributed by atoms with Crippen LogP contribution in [0.5, 0.6) is 11.5 Å². The minimum atomic E-state index is 0. The summed E-state index contributed by atoms with van der Waals surface area (Å²) in [5.74, 6) is 1.48. The maximum atomic E-state index is 8.95. The van der Waals surface area contributed by atoms with Gasteiger partial charge in [-0.25, -0.2) is 0 Å². The molecule has 3 nitrogen and oxygen atoms in total. The number of aliphatic hydroxyl groups excluding tert-OH is 1. The average Bonchev–Trinajstić information content (AvgIpc) is 2.42. The first-order chi connectivity index (χ1) is 8.78. The number of rotatable bonds is 4. The zero-order valence-corrected chi connectivity index (χ0v) is 11.4. The zero-order valence-electron chi connectivity index (χ0n) is 10.6. The van der Waals surface area contributed by atoms with Crippen molar-refractivity contribution in [2.24, 2.45) is 0 Å². The fraction of sp³-hybridized carbons (Fsp3) is 0.133. The van der Waals surface area contributed by atoms with Gasteiger partial charge in [0.15, 0.2) is 0 Å². The molecule has 0 radical (unpaired) electrons. The van der Waals surface area contributed by atoms with Crippen molar-refractivity contribution in [1.29, 1.82) is 0 Å². The van der Waals surface area contributed by atoms with Crippen molar-refractivity contribution in [3.05, 3.63) is 59.9 Å². The number of pyridine rings is 1. The highest BCUT2D eigenvalue weighted by atomic mass is 35.5. The fourth-order valence-electron chi connectivity index (χ4n) is 1.51. The van der Waals surface area contributed by atoms with E-state index in [0.29, 0.717) is 5.75 Å². The van der Waals surface area contributed by atoms with E-state index in [9.17, 15) is 0 Å². The molecule has 0 aliphatic carbocycles. The first-order valence-corrected chi connectivity index (χ1v) is 5.74. The Morgan fingerprint density at radius 3 is 2.53 bits per heavy atom. The van der Waals surface area contributed by atoms with Crippen molar-refractivity contribution >= 4 is 18.5 Å². The molecule has 0 amide bonds. The van der Waals surface area contributed by atoms with Gasteiger partial charge in [-0.15, -0.1) is 12.4 Å². The Balaban J connectivity index is 0.00000180. The molecule has 0 bridgehead atoms. The van der Waals surface area contributed by atoms with Crippen LogP contribution < -0.4 is 4.74 Å². The smallest absolute Gasteiger partial charge is 0.145 e. The van der Waals surface area contributed by atoms with Gasteiger partial charge in [0.1, 0.15) is 11.5 Å². The molecule has 2 aromatic rings. The third kappa shape index (κ3) is 4.73. The van der Waals surface area contributed by atoms with Gasteiger partial charge in [-0.1, -0.05) is 18.2 Å². The van der Waals surface area contributed by atoms with Crippen molar-refractivity contribution in [1.82, 2.24) is 4.98 Å². The molecule has 0 aliphatic heterocycles. The maximum Gasteiger partial charge on any atom is 0.145 e. The largest absolute Gasteiger partial charge is 0.456 e. The Hall–Kier alpha value is -1.84.